The highest BCUT2D eigenvalue weighted by atomic mass is 79.9. The molecule has 1 spiro atoms. The molecular weight excluding hydrogens is 426 g/mol. The Morgan fingerprint density at radius 1 is 1.04 bits per heavy atom. The maximum Gasteiger partial charge on any atom is 0.255 e. The summed E-state index contributed by atoms with van der Waals surface area (Å²) in [5.74, 6) is 1.13. The van der Waals surface area contributed by atoms with Crippen LogP contribution in [-0.2, 0) is 0 Å². The van der Waals surface area contributed by atoms with Crippen LogP contribution in [-0.4, -0.2) is 42.3 Å². The fourth-order valence-corrected chi connectivity index (χ4v) is 4.30. The molecule has 2 aromatic carbocycles. The normalized spacial score (nSPS) is 19.0. The summed E-state index contributed by atoms with van der Waals surface area (Å²) in [7, 11) is 0. The lowest BCUT2D eigenvalue weighted by Gasteiger charge is -2.46. The summed E-state index contributed by atoms with van der Waals surface area (Å²) >= 11 is 3.40. The van der Waals surface area contributed by atoms with Gasteiger partial charge in [0.05, 0.1) is 5.56 Å². The maximum absolute atomic E-state index is 12.9. The SMILES string of the molecule is O=C1NC2(CCN(C(=O)c3ccc4c(c3)OCO4)CC2)Nc2ccc(Br)cc21. The summed E-state index contributed by atoms with van der Waals surface area (Å²) in [4.78, 5) is 27.3. The molecule has 3 aliphatic heterocycles. The number of benzene rings is 2. The minimum absolute atomic E-state index is 0.0420. The van der Waals surface area contributed by atoms with Gasteiger partial charge in [-0.05, 0) is 36.4 Å². The summed E-state index contributed by atoms with van der Waals surface area (Å²) in [6, 6.07) is 10.9. The van der Waals surface area contributed by atoms with Crippen molar-refractivity contribution in [3.8, 4) is 11.5 Å². The van der Waals surface area contributed by atoms with Gasteiger partial charge in [-0.25, -0.2) is 0 Å². The summed E-state index contributed by atoms with van der Waals surface area (Å²) in [5.41, 5.74) is 1.50. The van der Waals surface area contributed by atoms with Crippen molar-refractivity contribution >= 4 is 33.4 Å². The number of likely N-dealkylation sites (tertiary alicyclic amines) is 1. The van der Waals surface area contributed by atoms with E-state index in [9.17, 15) is 9.59 Å². The number of amides is 2. The zero-order chi connectivity index (χ0) is 19.3. The van der Waals surface area contributed by atoms with Crippen LogP contribution in [0.15, 0.2) is 40.9 Å². The highest BCUT2D eigenvalue weighted by molar-refractivity contribution is 9.10. The van der Waals surface area contributed by atoms with Gasteiger partial charge >= 0.3 is 0 Å². The molecule has 3 heterocycles. The molecule has 144 valence electrons. The van der Waals surface area contributed by atoms with E-state index < -0.39 is 5.66 Å². The Labute approximate surface area is 170 Å². The minimum Gasteiger partial charge on any atom is -0.454 e. The zero-order valence-corrected chi connectivity index (χ0v) is 16.5. The van der Waals surface area contributed by atoms with Crippen molar-refractivity contribution in [2.45, 2.75) is 18.5 Å². The van der Waals surface area contributed by atoms with E-state index in [4.69, 9.17) is 9.47 Å². The molecular formula is C20H18BrN3O4. The molecule has 2 amide bonds. The van der Waals surface area contributed by atoms with Gasteiger partial charge < -0.3 is 25.0 Å². The van der Waals surface area contributed by atoms with Crippen LogP contribution < -0.4 is 20.1 Å². The van der Waals surface area contributed by atoms with Crippen molar-refractivity contribution in [1.29, 1.82) is 0 Å². The third kappa shape index (κ3) is 2.88. The number of nitrogens with one attached hydrogen (secondary N) is 2. The van der Waals surface area contributed by atoms with Gasteiger partial charge in [-0.15, -0.1) is 0 Å². The maximum atomic E-state index is 12.9. The number of carbonyl (C=O) groups is 2. The fraction of sp³-hybridized carbons (Fsp3) is 0.300. The molecule has 2 N–H and O–H groups in total. The number of hydrogen-bond donors (Lipinski definition) is 2. The number of piperidine rings is 1. The second-order valence-corrected chi connectivity index (χ2v) is 8.13. The van der Waals surface area contributed by atoms with E-state index in [1.807, 2.05) is 23.1 Å². The summed E-state index contributed by atoms with van der Waals surface area (Å²) in [5, 5.41) is 6.58. The molecule has 7 nitrogen and oxygen atoms in total. The molecule has 0 radical (unpaired) electrons. The lowest BCUT2D eigenvalue weighted by molar-refractivity contribution is 0.0639. The first-order valence-corrected chi connectivity index (χ1v) is 9.92. The van der Waals surface area contributed by atoms with Gasteiger partial charge in [0.2, 0.25) is 6.79 Å². The summed E-state index contributed by atoms with van der Waals surface area (Å²) in [6.45, 7) is 1.28. The molecule has 3 aliphatic rings. The molecule has 0 aromatic heterocycles. The first kappa shape index (κ1) is 17.4. The molecule has 0 saturated carbocycles. The Kier molecular flexibility index (Phi) is 3.97. The second-order valence-electron chi connectivity index (χ2n) is 7.21. The van der Waals surface area contributed by atoms with Crippen molar-refractivity contribution in [1.82, 2.24) is 10.2 Å². The smallest absolute Gasteiger partial charge is 0.255 e. The van der Waals surface area contributed by atoms with E-state index >= 15 is 0 Å². The van der Waals surface area contributed by atoms with Gasteiger partial charge in [0.25, 0.3) is 11.8 Å². The first-order valence-electron chi connectivity index (χ1n) is 9.12. The standard InChI is InChI=1S/C20H18BrN3O4/c21-13-2-3-15-14(10-13)18(25)23-20(22-15)5-7-24(8-6-20)19(26)12-1-4-16-17(9-12)28-11-27-16/h1-4,9-10,22H,5-8,11H2,(H,23,25). The predicted molar refractivity (Wildman–Crippen MR) is 106 cm³/mol. The number of carbonyl (C=O) groups excluding carboxylic acids is 2. The number of rotatable bonds is 1. The molecule has 0 unspecified atom stereocenters. The van der Waals surface area contributed by atoms with Crippen molar-refractivity contribution in [2.75, 3.05) is 25.2 Å². The Bertz CT molecular complexity index is 985. The highest BCUT2D eigenvalue weighted by Crippen LogP contribution is 2.35. The van der Waals surface area contributed by atoms with Crippen LogP contribution in [0.25, 0.3) is 0 Å². The monoisotopic (exact) mass is 443 g/mol. The van der Waals surface area contributed by atoms with Gasteiger partial charge in [0.1, 0.15) is 5.66 Å². The first-order chi connectivity index (χ1) is 13.5. The number of anilines is 1. The fourth-order valence-electron chi connectivity index (χ4n) is 3.94. The Morgan fingerprint density at radius 2 is 1.82 bits per heavy atom. The van der Waals surface area contributed by atoms with E-state index in [1.54, 1.807) is 18.2 Å². The number of hydrogen-bond acceptors (Lipinski definition) is 5. The number of nitrogens with zero attached hydrogens (tertiary/aromatic N) is 1. The molecule has 8 heteroatoms. The third-order valence-corrected chi connectivity index (χ3v) is 5.97. The van der Waals surface area contributed by atoms with Gasteiger partial charge in [0.15, 0.2) is 11.5 Å². The van der Waals surface area contributed by atoms with E-state index in [0.717, 1.165) is 10.2 Å². The van der Waals surface area contributed by atoms with E-state index in [0.29, 0.717) is 48.6 Å². The van der Waals surface area contributed by atoms with Gasteiger partial charge in [-0.1, -0.05) is 15.9 Å². The Morgan fingerprint density at radius 3 is 2.64 bits per heavy atom. The van der Waals surface area contributed by atoms with Crippen molar-refractivity contribution < 1.29 is 19.1 Å². The number of halogens is 1. The van der Waals surface area contributed by atoms with Crippen LogP contribution in [0.2, 0.25) is 0 Å². The van der Waals surface area contributed by atoms with Crippen molar-refractivity contribution in [2.24, 2.45) is 0 Å². The molecule has 5 rings (SSSR count). The molecule has 0 bridgehead atoms. The van der Waals surface area contributed by atoms with Gasteiger partial charge in [-0.3, -0.25) is 9.59 Å². The van der Waals surface area contributed by atoms with Crippen LogP contribution in [0.3, 0.4) is 0 Å². The topological polar surface area (TPSA) is 79.9 Å². The van der Waals surface area contributed by atoms with Crippen LogP contribution >= 0.6 is 15.9 Å². The van der Waals surface area contributed by atoms with E-state index in [2.05, 4.69) is 26.6 Å². The second kappa shape index (κ2) is 6.41. The largest absolute Gasteiger partial charge is 0.454 e. The van der Waals surface area contributed by atoms with Crippen LogP contribution in [0.4, 0.5) is 5.69 Å². The third-order valence-electron chi connectivity index (χ3n) is 5.48. The summed E-state index contributed by atoms with van der Waals surface area (Å²) < 4.78 is 11.5. The lowest BCUT2D eigenvalue weighted by Crippen LogP contribution is -2.62. The average molecular weight is 444 g/mol. The number of fused-ring (bicyclic) bond motifs is 2. The summed E-state index contributed by atoms with van der Waals surface area (Å²) in [6.07, 6.45) is 1.26. The molecule has 1 fully saturated rings. The number of ether oxygens (including phenoxy) is 2. The molecule has 0 atom stereocenters. The van der Waals surface area contributed by atoms with Gasteiger partial charge in [-0.2, -0.15) is 0 Å². The molecule has 2 aromatic rings. The lowest BCUT2D eigenvalue weighted by atomic mass is 9.92. The quantitative estimate of drug-likeness (QED) is 0.707. The van der Waals surface area contributed by atoms with Crippen molar-refractivity contribution in [3.63, 3.8) is 0 Å². The highest BCUT2D eigenvalue weighted by Gasteiger charge is 2.41. The van der Waals surface area contributed by atoms with Gasteiger partial charge in [0, 0.05) is 41.7 Å². The molecule has 0 aliphatic carbocycles. The minimum atomic E-state index is -0.524. The van der Waals surface area contributed by atoms with E-state index in [-0.39, 0.29) is 18.6 Å². The average Bonchev–Trinajstić information content (AvgIpc) is 3.17. The van der Waals surface area contributed by atoms with Crippen LogP contribution in [0.5, 0.6) is 11.5 Å². The van der Waals surface area contributed by atoms with Crippen LogP contribution in [0, 0.1) is 0 Å². The Balaban J connectivity index is 1.30. The van der Waals surface area contributed by atoms with Crippen LogP contribution in [0.1, 0.15) is 33.6 Å². The predicted octanol–water partition coefficient (Wildman–Crippen LogP) is 2.97. The van der Waals surface area contributed by atoms with Crippen molar-refractivity contribution in [3.05, 3.63) is 52.0 Å². The van der Waals surface area contributed by atoms with E-state index in [1.165, 1.54) is 0 Å². The Hall–Kier alpha value is -2.74. The molecule has 28 heavy (non-hydrogen) atoms. The molecule has 1 saturated heterocycles. The zero-order valence-electron chi connectivity index (χ0n) is 15.0.